The number of hydrogen-bond donors (Lipinski definition) is 0. The Bertz CT molecular complexity index is 629. The van der Waals surface area contributed by atoms with Gasteiger partial charge in [-0.15, -0.1) is 12.4 Å². The van der Waals surface area contributed by atoms with Crippen molar-refractivity contribution in [3.8, 4) is 5.75 Å². The molecule has 5 fully saturated rings. The van der Waals surface area contributed by atoms with E-state index in [4.69, 9.17) is 4.74 Å². The van der Waals surface area contributed by atoms with Gasteiger partial charge in [-0.25, -0.2) is 0 Å². The van der Waals surface area contributed by atoms with E-state index in [-0.39, 0.29) is 12.4 Å². The lowest BCUT2D eigenvalue weighted by atomic mass is 9.49. The van der Waals surface area contributed by atoms with Crippen LogP contribution in [0.2, 0.25) is 0 Å². The van der Waals surface area contributed by atoms with Crippen molar-refractivity contribution in [2.45, 2.75) is 51.4 Å². The summed E-state index contributed by atoms with van der Waals surface area (Å²) in [4.78, 5) is 2.52. The standard InChI is InChI=1S/C24H33NO.ClH/c1-2-6-23(26-12-11-25-9-3-4-10-25)22(5-1)7-8-24-16-19-13-20(17-24)15-21(14-19)18-24;/h1-2,5-8,19-21H,3-4,9-18H2;1H/b8-7+;. The normalized spacial score (nSPS) is 34.9. The van der Waals surface area contributed by atoms with Gasteiger partial charge in [0.15, 0.2) is 0 Å². The van der Waals surface area contributed by atoms with Gasteiger partial charge in [-0.2, -0.15) is 0 Å². The molecule has 1 heterocycles. The summed E-state index contributed by atoms with van der Waals surface area (Å²) in [5.41, 5.74) is 1.77. The number of ether oxygens (including phenoxy) is 1. The van der Waals surface area contributed by atoms with E-state index in [1.165, 1.54) is 70.0 Å². The summed E-state index contributed by atoms with van der Waals surface area (Å²) in [5, 5.41) is 0. The van der Waals surface area contributed by atoms with Crippen LogP contribution in [-0.2, 0) is 0 Å². The molecule has 0 amide bonds. The van der Waals surface area contributed by atoms with Crippen LogP contribution in [0.1, 0.15) is 56.9 Å². The highest BCUT2D eigenvalue weighted by atomic mass is 35.5. The Kier molecular flexibility index (Phi) is 5.85. The zero-order chi connectivity index (χ0) is 17.4. The van der Waals surface area contributed by atoms with Gasteiger partial charge in [0.25, 0.3) is 0 Å². The van der Waals surface area contributed by atoms with Gasteiger partial charge in [0.05, 0.1) is 0 Å². The third-order valence-electron chi connectivity index (χ3n) is 7.48. The van der Waals surface area contributed by atoms with Crippen molar-refractivity contribution in [3.63, 3.8) is 0 Å². The fourth-order valence-corrected chi connectivity index (χ4v) is 6.69. The SMILES string of the molecule is C(=C\C12CC3CC(CC(C3)C1)C2)/c1ccccc1OCCN1CCCC1.Cl. The van der Waals surface area contributed by atoms with Crippen LogP contribution in [0, 0.1) is 23.2 Å². The maximum Gasteiger partial charge on any atom is 0.126 e. The molecule has 0 radical (unpaired) electrons. The van der Waals surface area contributed by atoms with Crippen LogP contribution < -0.4 is 4.74 Å². The van der Waals surface area contributed by atoms with E-state index in [1.807, 2.05) is 0 Å². The minimum absolute atomic E-state index is 0. The second kappa shape index (κ2) is 8.17. The third kappa shape index (κ3) is 4.22. The monoisotopic (exact) mass is 387 g/mol. The van der Waals surface area contributed by atoms with Crippen molar-refractivity contribution >= 4 is 18.5 Å². The minimum Gasteiger partial charge on any atom is -0.492 e. The molecule has 1 saturated heterocycles. The van der Waals surface area contributed by atoms with Crippen molar-refractivity contribution in [3.05, 3.63) is 35.9 Å². The van der Waals surface area contributed by atoms with Gasteiger partial charge < -0.3 is 4.74 Å². The smallest absolute Gasteiger partial charge is 0.126 e. The lowest BCUT2D eigenvalue weighted by Gasteiger charge is -2.55. The summed E-state index contributed by atoms with van der Waals surface area (Å²) in [6.45, 7) is 4.36. The predicted octanol–water partition coefficient (Wildman–Crippen LogP) is 5.81. The summed E-state index contributed by atoms with van der Waals surface area (Å²) in [6.07, 6.45) is 16.5. The topological polar surface area (TPSA) is 12.5 Å². The van der Waals surface area contributed by atoms with Crippen molar-refractivity contribution < 1.29 is 4.74 Å². The number of hydrogen-bond acceptors (Lipinski definition) is 2. The summed E-state index contributed by atoms with van der Waals surface area (Å²) in [6, 6.07) is 8.62. The van der Waals surface area contributed by atoms with Crippen molar-refractivity contribution in [2.75, 3.05) is 26.2 Å². The molecule has 4 saturated carbocycles. The first kappa shape index (κ1) is 19.3. The van der Waals surface area contributed by atoms with E-state index in [0.717, 1.165) is 36.7 Å². The van der Waals surface area contributed by atoms with Crippen LogP contribution in [-0.4, -0.2) is 31.1 Å². The molecule has 0 atom stereocenters. The quantitative estimate of drug-likeness (QED) is 0.610. The molecule has 3 heteroatoms. The number of benzene rings is 1. The van der Waals surface area contributed by atoms with E-state index in [0.29, 0.717) is 5.41 Å². The first-order valence-corrected chi connectivity index (χ1v) is 10.9. The number of allylic oxidation sites excluding steroid dienone is 1. The zero-order valence-electron chi connectivity index (χ0n) is 16.4. The van der Waals surface area contributed by atoms with Gasteiger partial charge in [0, 0.05) is 12.1 Å². The Balaban J connectivity index is 0.00000180. The maximum atomic E-state index is 6.18. The van der Waals surface area contributed by atoms with Crippen LogP contribution in [0.25, 0.3) is 6.08 Å². The van der Waals surface area contributed by atoms with Gasteiger partial charge >= 0.3 is 0 Å². The van der Waals surface area contributed by atoms with Crippen LogP contribution in [0.5, 0.6) is 5.75 Å². The lowest BCUT2D eigenvalue weighted by molar-refractivity contribution is -0.0232. The first-order valence-electron chi connectivity index (χ1n) is 10.9. The molecule has 6 rings (SSSR count). The van der Waals surface area contributed by atoms with Gasteiger partial charge in [-0.05, 0) is 93.7 Å². The molecule has 2 nitrogen and oxygen atoms in total. The Morgan fingerprint density at radius 1 is 0.963 bits per heavy atom. The molecule has 0 N–H and O–H groups in total. The second-order valence-electron chi connectivity index (χ2n) is 9.55. The molecule has 4 aliphatic carbocycles. The Morgan fingerprint density at radius 3 is 2.26 bits per heavy atom. The maximum absolute atomic E-state index is 6.18. The van der Waals surface area contributed by atoms with Crippen molar-refractivity contribution in [1.82, 2.24) is 4.90 Å². The Labute approximate surface area is 170 Å². The molecule has 27 heavy (non-hydrogen) atoms. The summed E-state index contributed by atoms with van der Waals surface area (Å²) >= 11 is 0. The van der Waals surface area contributed by atoms with Crippen LogP contribution >= 0.6 is 12.4 Å². The summed E-state index contributed by atoms with van der Waals surface area (Å²) in [7, 11) is 0. The number of para-hydroxylation sites is 1. The minimum atomic E-state index is 0. The molecule has 0 unspecified atom stereocenters. The largest absolute Gasteiger partial charge is 0.492 e. The molecule has 4 bridgehead atoms. The van der Waals surface area contributed by atoms with E-state index >= 15 is 0 Å². The van der Waals surface area contributed by atoms with Crippen molar-refractivity contribution in [1.29, 1.82) is 0 Å². The third-order valence-corrected chi connectivity index (χ3v) is 7.48. The highest BCUT2D eigenvalue weighted by Crippen LogP contribution is 2.60. The van der Waals surface area contributed by atoms with Crippen LogP contribution in [0.3, 0.4) is 0 Å². The molecule has 0 spiro atoms. The number of nitrogens with zero attached hydrogens (tertiary/aromatic N) is 1. The van der Waals surface area contributed by atoms with Gasteiger partial charge in [-0.3, -0.25) is 4.90 Å². The predicted molar refractivity (Wildman–Crippen MR) is 114 cm³/mol. The molecule has 0 aromatic heterocycles. The van der Waals surface area contributed by atoms with Gasteiger partial charge in [0.1, 0.15) is 12.4 Å². The first-order chi connectivity index (χ1) is 12.8. The Morgan fingerprint density at radius 2 is 1.59 bits per heavy atom. The molecule has 1 aromatic carbocycles. The summed E-state index contributed by atoms with van der Waals surface area (Å²) < 4.78 is 6.18. The number of likely N-dealkylation sites (tertiary alicyclic amines) is 1. The summed E-state index contributed by atoms with van der Waals surface area (Å²) in [5.74, 6) is 4.10. The van der Waals surface area contributed by atoms with E-state index in [1.54, 1.807) is 0 Å². The molecule has 1 aromatic rings. The lowest BCUT2D eigenvalue weighted by Crippen LogP contribution is -2.44. The fourth-order valence-electron chi connectivity index (χ4n) is 6.69. The highest BCUT2D eigenvalue weighted by molar-refractivity contribution is 5.85. The van der Waals surface area contributed by atoms with Crippen molar-refractivity contribution in [2.24, 2.45) is 23.2 Å². The molecule has 5 aliphatic rings. The second-order valence-corrected chi connectivity index (χ2v) is 9.55. The molecule has 1 aliphatic heterocycles. The van der Waals surface area contributed by atoms with Gasteiger partial charge in [-0.1, -0.05) is 30.4 Å². The zero-order valence-corrected chi connectivity index (χ0v) is 17.3. The average molecular weight is 388 g/mol. The average Bonchev–Trinajstić information content (AvgIpc) is 3.13. The number of rotatable bonds is 6. The van der Waals surface area contributed by atoms with E-state index < -0.39 is 0 Å². The fraction of sp³-hybridized carbons (Fsp3) is 0.667. The molecule has 148 valence electrons. The van der Waals surface area contributed by atoms with Crippen LogP contribution in [0.15, 0.2) is 30.3 Å². The Hall–Kier alpha value is -0.990. The van der Waals surface area contributed by atoms with E-state index in [2.05, 4.69) is 41.3 Å². The molecular formula is C24H34ClNO. The molecular weight excluding hydrogens is 354 g/mol. The number of halogens is 1. The van der Waals surface area contributed by atoms with E-state index in [9.17, 15) is 0 Å². The van der Waals surface area contributed by atoms with Gasteiger partial charge in [0.2, 0.25) is 0 Å². The van der Waals surface area contributed by atoms with Crippen LogP contribution in [0.4, 0.5) is 0 Å². The highest BCUT2D eigenvalue weighted by Gasteiger charge is 2.49.